The lowest BCUT2D eigenvalue weighted by Gasteiger charge is -2.02. The molecule has 0 aliphatic carbocycles. The molecule has 19 heavy (non-hydrogen) atoms. The average molecular weight is 298 g/mol. The number of amidine groups is 1. The Balaban J connectivity index is 2.45. The van der Waals surface area contributed by atoms with Crippen molar-refractivity contribution < 1.29 is 8.42 Å². The molecular weight excluding hydrogens is 290 g/mol. The van der Waals surface area contributed by atoms with Crippen LogP contribution in [0.15, 0.2) is 46.3 Å². The second-order valence-corrected chi connectivity index (χ2v) is 5.33. The quantitative estimate of drug-likeness (QED) is 0.656. The van der Waals surface area contributed by atoms with Crippen LogP contribution in [-0.2, 0) is 10.0 Å². The van der Waals surface area contributed by atoms with Crippen molar-refractivity contribution in [3.63, 3.8) is 0 Å². The smallest absolute Gasteiger partial charge is 0.287 e. The normalized spacial score (nSPS) is 12.4. The van der Waals surface area contributed by atoms with Crippen LogP contribution in [0, 0.1) is 0 Å². The van der Waals surface area contributed by atoms with Gasteiger partial charge in [0, 0.05) is 24.8 Å². The predicted octanol–water partition coefficient (Wildman–Crippen LogP) is 0.619. The summed E-state index contributed by atoms with van der Waals surface area (Å²) in [5.74, 6) is -0.270. The Labute approximate surface area is 114 Å². The van der Waals surface area contributed by atoms with Gasteiger partial charge in [-0.1, -0.05) is 11.6 Å². The number of aromatic nitrogens is 3. The van der Waals surface area contributed by atoms with Gasteiger partial charge in [0.05, 0.1) is 11.2 Å². The summed E-state index contributed by atoms with van der Waals surface area (Å²) >= 11 is 5.78. The highest BCUT2D eigenvalue weighted by atomic mass is 35.5. The zero-order chi connectivity index (χ0) is 13.9. The van der Waals surface area contributed by atoms with E-state index in [1.54, 1.807) is 0 Å². The van der Waals surface area contributed by atoms with Crippen molar-refractivity contribution in [1.82, 2.24) is 15.0 Å². The Bertz CT molecular complexity index is 718. The maximum absolute atomic E-state index is 12.0. The SMILES string of the molecule is N/C(=N\S(=O)(=O)c1cnccc1Cl)c1cnccn1. The van der Waals surface area contributed by atoms with Gasteiger partial charge in [0.25, 0.3) is 10.0 Å². The van der Waals surface area contributed by atoms with E-state index in [0.717, 1.165) is 6.20 Å². The highest BCUT2D eigenvalue weighted by Crippen LogP contribution is 2.21. The minimum Gasteiger partial charge on any atom is -0.381 e. The van der Waals surface area contributed by atoms with Crippen LogP contribution in [0.4, 0.5) is 0 Å². The van der Waals surface area contributed by atoms with E-state index in [9.17, 15) is 8.42 Å². The number of sulfonamides is 1. The Hall–Kier alpha value is -2.06. The number of hydrogen-bond donors (Lipinski definition) is 1. The molecule has 0 aromatic carbocycles. The maximum Gasteiger partial charge on any atom is 0.287 e. The van der Waals surface area contributed by atoms with E-state index in [1.807, 2.05) is 0 Å². The van der Waals surface area contributed by atoms with Crippen LogP contribution < -0.4 is 5.73 Å². The Kier molecular flexibility index (Phi) is 3.72. The van der Waals surface area contributed by atoms with Crippen molar-refractivity contribution in [2.75, 3.05) is 0 Å². The summed E-state index contributed by atoms with van der Waals surface area (Å²) < 4.78 is 27.4. The van der Waals surface area contributed by atoms with Crippen LogP contribution in [-0.4, -0.2) is 29.2 Å². The summed E-state index contributed by atoms with van der Waals surface area (Å²) in [6.45, 7) is 0. The topological polar surface area (TPSA) is 111 Å². The van der Waals surface area contributed by atoms with Gasteiger partial charge in [-0.2, -0.15) is 8.42 Å². The summed E-state index contributed by atoms with van der Waals surface area (Å²) in [5, 5.41) is 0.0192. The Morgan fingerprint density at radius 2 is 1.95 bits per heavy atom. The molecule has 7 nitrogen and oxygen atoms in total. The molecule has 0 atom stereocenters. The van der Waals surface area contributed by atoms with E-state index in [2.05, 4.69) is 19.3 Å². The van der Waals surface area contributed by atoms with Gasteiger partial charge >= 0.3 is 0 Å². The number of rotatable bonds is 3. The van der Waals surface area contributed by atoms with Crippen molar-refractivity contribution in [1.29, 1.82) is 0 Å². The largest absolute Gasteiger partial charge is 0.381 e. The first kappa shape index (κ1) is 13.4. The molecule has 0 radical (unpaired) electrons. The lowest BCUT2D eigenvalue weighted by atomic mass is 10.4. The lowest BCUT2D eigenvalue weighted by Crippen LogP contribution is -2.18. The molecule has 0 unspecified atom stereocenters. The molecule has 98 valence electrons. The fraction of sp³-hybridized carbons (Fsp3) is 0. The molecule has 2 N–H and O–H groups in total. The number of hydrogen-bond acceptors (Lipinski definition) is 5. The molecule has 9 heteroatoms. The molecular formula is C10H8ClN5O2S. The molecule has 0 fully saturated rings. The third-order valence-electron chi connectivity index (χ3n) is 2.06. The van der Waals surface area contributed by atoms with Crippen LogP contribution in [0.2, 0.25) is 5.02 Å². The fourth-order valence-electron chi connectivity index (χ4n) is 1.21. The van der Waals surface area contributed by atoms with E-state index in [4.69, 9.17) is 17.3 Å². The lowest BCUT2D eigenvalue weighted by molar-refractivity contribution is 0.597. The highest BCUT2D eigenvalue weighted by molar-refractivity contribution is 7.90. The van der Waals surface area contributed by atoms with Crippen molar-refractivity contribution in [2.24, 2.45) is 10.1 Å². The van der Waals surface area contributed by atoms with Gasteiger partial charge in [-0.15, -0.1) is 4.40 Å². The van der Waals surface area contributed by atoms with Gasteiger partial charge in [-0.3, -0.25) is 9.97 Å². The predicted molar refractivity (Wildman–Crippen MR) is 69.2 cm³/mol. The molecule has 0 spiro atoms. The number of pyridine rings is 1. The summed E-state index contributed by atoms with van der Waals surface area (Å²) in [6.07, 6.45) is 6.59. The number of halogens is 1. The first-order valence-corrected chi connectivity index (χ1v) is 6.79. The second kappa shape index (κ2) is 5.29. The molecule has 0 bridgehead atoms. The van der Waals surface area contributed by atoms with Crippen LogP contribution >= 0.6 is 11.6 Å². The number of nitrogens with zero attached hydrogens (tertiary/aromatic N) is 4. The zero-order valence-electron chi connectivity index (χ0n) is 9.43. The Morgan fingerprint density at radius 3 is 2.58 bits per heavy atom. The molecule has 2 rings (SSSR count). The molecule has 0 saturated heterocycles. The summed E-state index contributed by atoms with van der Waals surface area (Å²) in [7, 11) is -4.04. The molecule has 2 aromatic rings. The van der Waals surface area contributed by atoms with Gasteiger partial charge in [0.1, 0.15) is 10.6 Å². The van der Waals surface area contributed by atoms with Crippen LogP contribution in [0.25, 0.3) is 0 Å². The average Bonchev–Trinajstić information content (AvgIpc) is 2.39. The standard InChI is InChI=1S/C10H8ClN5O2S/c11-7-1-2-13-6-9(7)19(17,18)16-10(12)8-5-14-3-4-15-8/h1-6H,(H2,12,16). The first-order valence-electron chi connectivity index (χ1n) is 4.97. The van der Waals surface area contributed by atoms with Crippen LogP contribution in [0.5, 0.6) is 0 Å². The summed E-state index contributed by atoms with van der Waals surface area (Å²) in [4.78, 5) is 11.1. The molecule has 2 heterocycles. The highest BCUT2D eigenvalue weighted by Gasteiger charge is 2.18. The monoisotopic (exact) mass is 297 g/mol. The Morgan fingerprint density at radius 1 is 1.21 bits per heavy atom. The zero-order valence-corrected chi connectivity index (χ0v) is 11.0. The summed E-state index contributed by atoms with van der Waals surface area (Å²) in [6, 6.07) is 1.35. The van der Waals surface area contributed by atoms with E-state index < -0.39 is 10.0 Å². The van der Waals surface area contributed by atoms with Crippen molar-refractivity contribution in [3.8, 4) is 0 Å². The van der Waals surface area contributed by atoms with Crippen LogP contribution in [0.1, 0.15) is 5.69 Å². The van der Waals surface area contributed by atoms with E-state index in [0.29, 0.717) is 0 Å². The van der Waals surface area contributed by atoms with Gasteiger partial charge in [-0.25, -0.2) is 4.98 Å². The fourth-order valence-corrected chi connectivity index (χ4v) is 2.57. The third-order valence-corrected chi connectivity index (χ3v) is 3.82. The molecule has 0 aliphatic heterocycles. The maximum atomic E-state index is 12.0. The molecule has 0 saturated carbocycles. The number of nitrogens with two attached hydrogens (primary N) is 1. The minimum atomic E-state index is -4.04. The minimum absolute atomic E-state index is 0.0192. The van der Waals surface area contributed by atoms with Crippen molar-refractivity contribution in [3.05, 3.63) is 47.8 Å². The molecule has 2 aromatic heterocycles. The van der Waals surface area contributed by atoms with E-state index in [-0.39, 0.29) is 21.4 Å². The van der Waals surface area contributed by atoms with Crippen molar-refractivity contribution in [2.45, 2.75) is 4.90 Å². The van der Waals surface area contributed by atoms with E-state index in [1.165, 1.54) is 30.9 Å². The van der Waals surface area contributed by atoms with Crippen LogP contribution in [0.3, 0.4) is 0 Å². The van der Waals surface area contributed by atoms with E-state index >= 15 is 0 Å². The van der Waals surface area contributed by atoms with Crippen molar-refractivity contribution >= 4 is 27.5 Å². The molecule has 0 amide bonds. The van der Waals surface area contributed by atoms with Gasteiger partial charge in [0.15, 0.2) is 5.84 Å². The first-order chi connectivity index (χ1) is 9.00. The van der Waals surface area contributed by atoms with Gasteiger partial charge in [-0.05, 0) is 6.07 Å². The summed E-state index contributed by atoms with van der Waals surface area (Å²) in [5.41, 5.74) is 5.73. The van der Waals surface area contributed by atoms with Gasteiger partial charge < -0.3 is 5.73 Å². The third kappa shape index (κ3) is 3.04. The second-order valence-electron chi connectivity index (χ2n) is 3.35. The van der Waals surface area contributed by atoms with Gasteiger partial charge in [0.2, 0.25) is 0 Å². The molecule has 0 aliphatic rings.